The highest BCUT2D eigenvalue weighted by Gasteiger charge is 2.21. The summed E-state index contributed by atoms with van der Waals surface area (Å²) >= 11 is 0. The molecule has 0 aromatic carbocycles. The Morgan fingerprint density at radius 3 is 1.62 bits per heavy atom. The summed E-state index contributed by atoms with van der Waals surface area (Å²) in [6.45, 7) is 4.19. The Hall–Kier alpha value is -0.910. The van der Waals surface area contributed by atoms with Crippen LogP contribution >= 0.6 is 0 Å². The van der Waals surface area contributed by atoms with Gasteiger partial charge in [-0.15, -0.1) is 0 Å². The number of carbonyl (C=O) groups is 1. The van der Waals surface area contributed by atoms with Crippen molar-refractivity contribution in [3.8, 4) is 0 Å². The molecule has 0 aliphatic carbocycles. The highest BCUT2D eigenvalue weighted by atomic mass is 16.3. The predicted octanol–water partition coefficient (Wildman–Crippen LogP) is 7.75. The maximum absolute atomic E-state index is 12.3. The number of nitrogens with one attached hydrogen (secondary N) is 1. The Balaban J connectivity index is 3.75. The molecule has 0 spiro atoms. The van der Waals surface area contributed by atoms with Crippen LogP contribution in [0.15, 0.2) is 12.2 Å². The molecule has 0 aromatic rings. The second kappa shape index (κ2) is 28.1. The van der Waals surface area contributed by atoms with Crippen LogP contribution in [0.2, 0.25) is 0 Å². The first-order valence-corrected chi connectivity index (χ1v) is 16.0. The summed E-state index contributed by atoms with van der Waals surface area (Å²) in [5, 5.41) is 33.0. The third kappa shape index (κ3) is 25.1. The summed E-state index contributed by atoms with van der Waals surface area (Å²) < 4.78 is 0. The third-order valence-electron chi connectivity index (χ3n) is 7.33. The fourth-order valence-corrected chi connectivity index (χ4v) is 4.81. The number of rotatable bonds is 28. The van der Waals surface area contributed by atoms with Crippen LogP contribution in [0.1, 0.15) is 162 Å². The molecule has 220 valence electrons. The smallest absolute Gasteiger partial charge is 0.222 e. The minimum atomic E-state index is -0.746. The van der Waals surface area contributed by atoms with Gasteiger partial charge in [-0.05, 0) is 38.5 Å². The highest BCUT2D eigenvalue weighted by molar-refractivity contribution is 5.76. The van der Waals surface area contributed by atoms with E-state index in [1.807, 2.05) is 0 Å². The van der Waals surface area contributed by atoms with Crippen LogP contribution in [0.5, 0.6) is 0 Å². The number of aliphatic hydroxyl groups excluding tert-OH is 3. The van der Waals surface area contributed by atoms with Crippen molar-refractivity contribution >= 4 is 5.91 Å². The molecule has 0 saturated carbocycles. The molecule has 0 heterocycles. The second-order valence-corrected chi connectivity index (χ2v) is 11.1. The maximum atomic E-state index is 12.3. The maximum Gasteiger partial charge on any atom is 0.222 e. The van der Waals surface area contributed by atoms with E-state index < -0.39 is 18.2 Å². The van der Waals surface area contributed by atoms with Crippen molar-refractivity contribution < 1.29 is 20.1 Å². The zero-order valence-electron chi connectivity index (χ0n) is 24.6. The fourth-order valence-electron chi connectivity index (χ4n) is 4.81. The first-order valence-electron chi connectivity index (χ1n) is 16.0. The molecule has 0 aliphatic heterocycles. The van der Waals surface area contributed by atoms with Crippen LogP contribution in [0.3, 0.4) is 0 Å². The van der Waals surface area contributed by atoms with Gasteiger partial charge in [0.05, 0.1) is 31.3 Å². The van der Waals surface area contributed by atoms with Crippen LogP contribution in [0.4, 0.5) is 0 Å². The van der Waals surface area contributed by atoms with E-state index >= 15 is 0 Å². The van der Waals surface area contributed by atoms with Gasteiger partial charge in [0.1, 0.15) is 0 Å². The SMILES string of the molecule is CCCCC/C=C\CCCCCC(O)CC(=O)NC(CO)C(O)CCCCCCCCCCCCCC. The normalized spacial score (nSPS) is 14.2. The minimum absolute atomic E-state index is 0.0269. The molecule has 37 heavy (non-hydrogen) atoms. The fraction of sp³-hybridized carbons (Fsp3) is 0.906. The van der Waals surface area contributed by atoms with E-state index in [1.165, 1.54) is 89.9 Å². The van der Waals surface area contributed by atoms with E-state index in [9.17, 15) is 20.1 Å². The standard InChI is InChI=1S/C32H63NO4/c1-3-5-7-9-11-13-15-16-18-20-22-24-26-31(36)30(28-34)33-32(37)27-29(35)25-23-21-19-17-14-12-10-8-6-4-2/h12,14,29-31,34-36H,3-11,13,15-28H2,1-2H3,(H,33,37)/b14-12-. The van der Waals surface area contributed by atoms with Crippen LogP contribution in [0.25, 0.3) is 0 Å². The van der Waals surface area contributed by atoms with E-state index in [-0.39, 0.29) is 18.9 Å². The van der Waals surface area contributed by atoms with Gasteiger partial charge in [0.2, 0.25) is 5.91 Å². The van der Waals surface area contributed by atoms with Gasteiger partial charge in [0, 0.05) is 0 Å². The number of amides is 1. The Kier molecular flexibility index (Phi) is 27.4. The van der Waals surface area contributed by atoms with Crippen molar-refractivity contribution in [1.29, 1.82) is 0 Å². The molecule has 0 fully saturated rings. The molecule has 0 rings (SSSR count). The molecule has 3 unspecified atom stereocenters. The monoisotopic (exact) mass is 525 g/mol. The molecule has 5 heteroatoms. The molecule has 0 radical (unpaired) electrons. The number of hydrogen-bond donors (Lipinski definition) is 4. The second-order valence-electron chi connectivity index (χ2n) is 11.1. The summed E-state index contributed by atoms with van der Waals surface area (Å²) in [5.41, 5.74) is 0. The van der Waals surface area contributed by atoms with E-state index in [2.05, 4.69) is 31.3 Å². The Labute approximate surface area is 229 Å². The summed E-state index contributed by atoms with van der Waals surface area (Å²) in [6, 6.07) is -0.656. The van der Waals surface area contributed by atoms with Crippen molar-refractivity contribution in [2.75, 3.05) is 6.61 Å². The molecule has 0 saturated heterocycles. The number of allylic oxidation sites excluding steroid dienone is 2. The highest BCUT2D eigenvalue weighted by Crippen LogP contribution is 2.14. The van der Waals surface area contributed by atoms with Gasteiger partial charge in [-0.3, -0.25) is 4.79 Å². The summed E-state index contributed by atoms with van der Waals surface area (Å²) in [6.07, 6.45) is 28.7. The van der Waals surface area contributed by atoms with Gasteiger partial charge in [-0.1, -0.05) is 129 Å². The lowest BCUT2D eigenvalue weighted by atomic mass is 10.0. The molecule has 0 bridgehead atoms. The molecule has 3 atom stereocenters. The van der Waals surface area contributed by atoms with Crippen molar-refractivity contribution in [2.24, 2.45) is 0 Å². The van der Waals surface area contributed by atoms with Gasteiger partial charge in [-0.25, -0.2) is 0 Å². The summed E-state index contributed by atoms with van der Waals surface area (Å²) in [7, 11) is 0. The number of hydrogen-bond acceptors (Lipinski definition) is 4. The zero-order valence-corrected chi connectivity index (χ0v) is 24.6. The van der Waals surface area contributed by atoms with Crippen LogP contribution in [-0.4, -0.2) is 46.1 Å². The van der Waals surface area contributed by atoms with Gasteiger partial charge in [0.15, 0.2) is 0 Å². The van der Waals surface area contributed by atoms with Gasteiger partial charge in [-0.2, -0.15) is 0 Å². The van der Waals surface area contributed by atoms with Gasteiger partial charge >= 0.3 is 0 Å². The molecule has 4 N–H and O–H groups in total. The lowest BCUT2D eigenvalue weighted by molar-refractivity contribution is -0.125. The first kappa shape index (κ1) is 36.1. The topological polar surface area (TPSA) is 89.8 Å². The van der Waals surface area contributed by atoms with E-state index in [0.29, 0.717) is 12.8 Å². The molecule has 0 aromatic heterocycles. The molecule has 5 nitrogen and oxygen atoms in total. The lowest BCUT2D eigenvalue weighted by Gasteiger charge is -2.23. The van der Waals surface area contributed by atoms with Crippen molar-refractivity contribution in [3.05, 3.63) is 12.2 Å². The largest absolute Gasteiger partial charge is 0.394 e. The average Bonchev–Trinajstić information content (AvgIpc) is 2.88. The Morgan fingerprint density at radius 2 is 1.08 bits per heavy atom. The van der Waals surface area contributed by atoms with Crippen LogP contribution in [-0.2, 0) is 4.79 Å². The zero-order chi connectivity index (χ0) is 27.4. The van der Waals surface area contributed by atoms with Crippen LogP contribution < -0.4 is 5.32 Å². The Bertz CT molecular complexity index is 511. The van der Waals surface area contributed by atoms with E-state index in [4.69, 9.17) is 0 Å². The van der Waals surface area contributed by atoms with E-state index in [0.717, 1.165) is 38.5 Å². The quantitative estimate of drug-likeness (QED) is 0.0621. The van der Waals surface area contributed by atoms with Gasteiger partial charge < -0.3 is 20.6 Å². The lowest BCUT2D eigenvalue weighted by Crippen LogP contribution is -2.46. The minimum Gasteiger partial charge on any atom is -0.394 e. The number of aliphatic hydroxyl groups is 3. The van der Waals surface area contributed by atoms with Crippen LogP contribution in [0, 0.1) is 0 Å². The number of unbranched alkanes of at least 4 members (excludes halogenated alkanes) is 17. The average molecular weight is 526 g/mol. The summed E-state index contributed by atoms with van der Waals surface area (Å²) in [4.78, 5) is 12.3. The summed E-state index contributed by atoms with van der Waals surface area (Å²) in [5.74, 6) is -0.296. The van der Waals surface area contributed by atoms with Crippen molar-refractivity contribution in [3.63, 3.8) is 0 Å². The number of carbonyl (C=O) groups excluding carboxylic acids is 1. The van der Waals surface area contributed by atoms with Crippen molar-refractivity contribution in [2.45, 2.75) is 180 Å². The first-order chi connectivity index (χ1) is 18.0. The van der Waals surface area contributed by atoms with Crippen molar-refractivity contribution in [1.82, 2.24) is 5.32 Å². The van der Waals surface area contributed by atoms with E-state index in [1.54, 1.807) is 0 Å². The Morgan fingerprint density at radius 1 is 0.649 bits per heavy atom. The molecule has 1 amide bonds. The predicted molar refractivity (Wildman–Crippen MR) is 158 cm³/mol. The molecular formula is C32H63NO4. The molecule has 0 aliphatic rings. The van der Waals surface area contributed by atoms with Gasteiger partial charge in [0.25, 0.3) is 0 Å². The third-order valence-corrected chi connectivity index (χ3v) is 7.33. The molecular weight excluding hydrogens is 462 g/mol.